The molecule has 250 valence electrons. The number of rotatable bonds is 6. The van der Waals surface area contributed by atoms with Crippen molar-refractivity contribution < 1.29 is 23.6 Å². The van der Waals surface area contributed by atoms with Crippen LogP contribution >= 0.6 is 0 Å². The highest BCUT2D eigenvalue weighted by Crippen LogP contribution is 2.49. The number of hydrogen-bond donors (Lipinski definition) is 1. The van der Waals surface area contributed by atoms with Gasteiger partial charge in [-0.05, 0) is 129 Å². The second kappa shape index (κ2) is 13.8. The van der Waals surface area contributed by atoms with E-state index in [1.54, 1.807) is 0 Å². The Morgan fingerprint density at radius 1 is 0.773 bits per heavy atom. The van der Waals surface area contributed by atoms with Gasteiger partial charge in [0.25, 0.3) is 0 Å². The minimum absolute atomic E-state index is 0.0919. The molecule has 2 heterocycles. The second-order valence-electron chi connectivity index (χ2n) is 17.3. The molecule has 44 heavy (non-hydrogen) atoms. The van der Waals surface area contributed by atoms with Crippen LogP contribution in [0.2, 0.25) is 5.82 Å². The van der Waals surface area contributed by atoms with E-state index in [2.05, 4.69) is 37.9 Å². The van der Waals surface area contributed by atoms with Gasteiger partial charge in [0.1, 0.15) is 5.60 Å². The zero-order chi connectivity index (χ0) is 31.7. The van der Waals surface area contributed by atoms with Crippen molar-refractivity contribution in [3.8, 4) is 0 Å². The van der Waals surface area contributed by atoms with Crippen LogP contribution in [0.4, 0.5) is 4.79 Å². The summed E-state index contributed by atoms with van der Waals surface area (Å²) in [5.41, 5.74) is -0.993. The van der Waals surface area contributed by atoms with E-state index in [1.807, 2.05) is 20.8 Å². The maximum Gasteiger partial charge on any atom is 0.461 e. The molecular weight excluding hydrogens is 551 g/mol. The lowest BCUT2D eigenvalue weighted by Crippen LogP contribution is -2.45. The third kappa shape index (κ3) is 8.35. The summed E-state index contributed by atoms with van der Waals surface area (Å²) >= 11 is 0. The first-order valence-corrected chi connectivity index (χ1v) is 18.3. The first-order valence-electron chi connectivity index (χ1n) is 18.3. The van der Waals surface area contributed by atoms with Crippen LogP contribution in [-0.4, -0.2) is 60.5 Å². The smallest absolute Gasteiger partial charge is 0.444 e. The zero-order valence-electron chi connectivity index (χ0n) is 29.1. The molecule has 6 atom stereocenters. The average molecular weight is 615 g/mol. The van der Waals surface area contributed by atoms with Gasteiger partial charge in [-0.3, -0.25) is 4.79 Å². The molecule has 5 aliphatic rings. The van der Waals surface area contributed by atoms with Crippen molar-refractivity contribution in [2.24, 2.45) is 35.5 Å². The number of alkyl carbamates (subject to hydrolysis) is 1. The van der Waals surface area contributed by atoms with Crippen LogP contribution in [0.5, 0.6) is 0 Å². The van der Waals surface area contributed by atoms with E-state index in [4.69, 9.17) is 14.0 Å². The molecule has 0 aromatic rings. The summed E-state index contributed by atoms with van der Waals surface area (Å²) in [5.74, 6) is 4.43. The largest absolute Gasteiger partial charge is 0.461 e. The summed E-state index contributed by atoms with van der Waals surface area (Å²) in [5, 5.41) is 3.01. The molecule has 0 spiro atoms. The molecule has 8 heteroatoms. The van der Waals surface area contributed by atoms with Crippen LogP contribution in [0.25, 0.3) is 0 Å². The van der Waals surface area contributed by atoms with Crippen molar-refractivity contribution in [3.63, 3.8) is 0 Å². The van der Waals surface area contributed by atoms with E-state index in [9.17, 15) is 9.59 Å². The van der Waals surface area contributed by atoms with Gasteiger partial charge in [-0.1, -0.05) is 44.9 Å². The lowest BCUT2D eigenvalue weighted by atomic mass is 9.58. The molecule has 0 bridgehead atoms. The number of piperidine rings is 1. The molecule has 2 amide bonds. The summed E-state index contributed by atoms with van der Waals surface area (Å²) in [7, 11) is -0.0919. The van der Waals surface area contributed by atoms with Crippen molar-refractivity contribution in [2.75, 3.05) is 19.6 Å². The fourth-order valence-corrected chi connectivity index (χ4v) is 9.24. The molecule has 0 aromatic heterocycles. The zero-order valence-corrected chi connectivity index (χ0v) is 29.1. The Hall–Kier alpha value is -1.28. The molecule has 0 aromatic carbocycles. The number of amides is 2. The van der Waals surface area contributed by atoms with Gasteiger partial charge in [-0.2, -0.15) is 0 Å². The predicted molar refractivity (Wildman–Crippen MR) is 176 cm³/mol. The van der Waals surface area contributed by atoms with E-state index >= 15 is 0 Å². The van der Waals surface area contributed by atoms with E-state index in [0.717, 1.165) is 38.8 Å². The highest BCUT2D eigenvalue weighted by molar-refractivity contribution is 6.47. The van der Waals surface area contributed by atoms with E-state index in [1.165, 1.54) is 64.2 Å². The van der Waals surface area contributed by atoms with Gasteiger partial charge in [0.2, 0.25) is 5.91 Å². The topological polar surface area (TPSA) is 77.1 Å². The number of carbonyl (C=O) groups is 2. The Balaban J connectivity index is 1.06. The van der Waals surface area contributed by atoms with Crippen LogP contribution in [0.15, 0.2) is 0 Å². The average Bonchev–Trinajstić information content (AvgIpc) is 3.21. The van der Waals surface area contributed by atoms with Crippen molar-refractivity contribution in [3.05, 3.63) is 0 Å². The standard InChI is InChI=1S/C36H63BN2O5/c1-34(2,3)42-33(41)38-24-25-11-8-12-27(21-25)26-17-19-39(20-18-26)32(40)30-15-9-13-28(22-30)29-14-10-16-31(23-29)37-43-35(4,5)36(6,7)44-37/h25-31H,8-24H2,1-7H3,(H,38,41). The van der Waals surface area contributed by atoms with Gasteiger partial charge < -0.3 is 24.3 Å². The molecule has 3 aliphatic carbocycles. The Bertz CT molecular complexity index is 972. The molecule has 5 fully saturated rings. The Kier molecular flexibility index (Phi) is 10.7. The van der Waals surface area contributed by atoms with Gasteiger partial charge in [-0.15, -0.1) is 0 Å². The SMILES string of the molecule is CC(C)(C)OC(=O)NCC1CCCC(C2CCN(C(=O)C3CCCC(C4CCCC(B5OC(C)(C)C(C)(C)O5)C4)C3)CC2)C1. The number of nitrogens with one attached hydrogen (secondary N) is 1. The molecule has 1 N–H and O–H groups in total. The number of nitrogens with zero attached hydrogens (tertiary/aromatic N) is 1. The summed E-state index contributed by atoms with van der Waals surface area (Å²) in [6.45, 7) is 16.9. The fourth-order valence-electron chi connectivity index (χ4n) is 9.24. The fraction of sp³-hybridized carbons (Fsp3) is 0.944. The van der Waals surface area contributed by atoms with Crippen molar-refractivity contribution >= 4 is 19.1 Å². The van der Waals surface area contributed by atoms with Crippen LogP contribution in [0.1, 0.15) is 138 Å². The van der Waals surface area contributed by atoms with Gasteiger partial charge in [0.05, 0.1) is 11.2 Å². The third-order valence-corrected chi connectivity index (χ3v) is 12.4. The monoisotopic (exact) mass is 614 g/mol. The van der Waals surface area contributed by atoms with Crippen LogP contribution in [0.3, 0.4) is 0 Å². The second-order valence-corrected chi connectivity index (χ2v) is 17.3. The summed E-state index contributed by atoms with van der Waals surface area (Å²) in [6, 6.07) is 0. The molecule has 0 radical (unpaired) electrons. The first kappa shape index (κ1) is 34.1. The number of ether oxygens (including phenoxy) is 1. The van der Waals surface area contributed by atoms with Crippen molar-refractivity contribution in [1.29, 1.82) is 0 Å². The Morgan fingerprint density at radius 2 is 1.34 bits per heavy atom. The number of likely N-dealkylation sites (tertiary alicyclic amines) is 1. The van der Waals surface area contributed by atoms with Crippen LogP contribution < -0.4 is 5.32 Å². The van der Waals surface area contributed by atoms with Crippen LogP contribution in [-0.2, 0) is 18.8 Å². The lowest BCUT2D eigenvalue weighted by Gasteiger charge is -2.42. The summed E-state index contributed by atoms with van der Waals surface area (Å²) in [6.07, 6.45) is 16.4. The van der Waals surface area contributed by atoms with Gasteiger partial charge >= 0.3 is 13.2 Å². The van der Waals surface area contributed by atoms with Crippen molar-refractivity contribution in [1.82, 2.24) is 10.2 Å². The van der Waals surface area contributed by atoms with Gasteiger partial charge in [-0.25, -0.2) is 4.79 Å². The molecule has 2 aliphatic heterocycles. The molecule has 2 saturated heterocycles. The molecular formula is C36H63BN2O5. The number of hydrogen-bond acceptors (Lipinski definition) is 5. The van der Waals surface area contributed by atoms with E-state index in [0.29, 0.717) is 47.9 Å². The maximum atomic E-state index is 13.8. The molecule has 7 nitrogen and oxygen atoms in total. The van der Waals surface area contributed by atoms with Crippen molar-refractivity contribution in [2.45, 2.75) is 161 Å². The normalized spacial score (nSPS) is 34.9. The van der Waals surface area contributed by atoms with Gasteiger partial charge in [0.15, 0.2) is 0 Å². The van der Waals surface area contributed by atoms with E-state index in [-0.39, 0.29) is 30.3 Å². The van der Waals surface area contributed by atoms with Crippen LogP contribution in [0, 0.1) is 35.5 Å². The first-order chi connectivity index (χ1) is 20.7. The lowest BCUT2D eigenvalue weighted by molar-refractivity contribution is -0.139. The minimum atomic E-state index is -0.461. The Labute approximate surface area is 268 Å². The molecule has 6 unspecified atom stereocenters. The predicted octanol–water partition coefficient (Wildman–Crippen LogP) is 8.02. The highest BCUT2D eigenvalue weighted by atomic mass is 16.7. The highest BCUT2D eigenvalue weighted by Gasteiger charge is 2.54. The molecule has 3 saturated carbocycles. The molecule has 5 rings (SSSR count). The van der Waals surface area contributed by atoms with Gasteiger partial charge in [0, 0.05) is 25.6 Å². The maximum absolute atomic E-state index is 13.8. The Morgan fingerprint density at radius 3 is 1.98 bits per heavy atom. The quantitative estimate of drug-likeness (QED) is 0.307. The summed E-state index contributed by atoms with van der Waals surface area (Å²) in [4.78, 5) is 28.2. The number of carbonyl (C=O) groups excluding carboxylic acids is 2. The third-order valence-electron chi connectivity index (χ3n) is 12.4. The minimum Gasteiger partial charge on any atom is -0.444 e. The summed E-state index contributed by atoms with van der Waals surface area (Å²) < 4.78 is 18.4. The van der Waals surface area contributed by atoms with E-state index < -0.39 is 5.60 Å².